The van der Waals surface area contributed by atoms with E-state index in [1.54, 1.807) is 47.6 Å². The third-order valence-corrected chi connectivity index (χ3v) is 3.65. The molecule has 114 valence electrons. The predicted molar refractivity (Wildman–Crippen MR) is 81.9 cm³/mol. The largest absolute Gasteiger partial charge is 0.457 e. The van der Waals surface area contributed by atoms with Crippen molar-refractivity contribution in [2.75, 3.05) is 13.1 Å². The van der Waals surface area contributed by atoms with Crippen LogP contribution in [0.15, 0.2) is 48.8 Å². The van der Waals surface area contributed by atoms with Gasteiger partial charge >= 0.3 is 0 Å². The Balaban J connectivity index is 1.74. The molecule has 0 saturated carbocycles. The van der Waals surface area contributed by atoms with Gasteiger partial charge in [0.25, 0.3) is 5.91 Å². The van der Waals surface area contributed by atoms with Crippen LogP contribution < -0.4 is 4.74 Å². The number of benzene rings is 1. The van der Waals surface area contributed by atoms with Crippen molar-refractivity contribution >= 4 is 5.91 Å². The van der Waals surface area contributed by atoms with Crippen molar-refractivity contribution in [2.45, 2.75) is 18.9 Å². The second-order valence-electron chi connectivity index (χ2n) is 5.36. The molecule has 3 rings (SSSR count). The maximum Gasteiger partial charge on any atom is 0.254 e. The Morgan fingerprint density at radius 1 is 1.23 bits per heavy atom. The molecule has 1 aromatic carbocycles. The molecule has 1 aromatic heterocycles. The van der Waals surface area contributed by atoms with Gasteiger partial charge < -0.3 is 14.7 Å². The van der Waals surface area contributed by atoms with Gasteiger partial charge in [0.05, 0.1) is 6.10 Å². The number of amides is 1. The summed E-state index contributed by atoms with van der Waals surface area (Å²) in [7, 11) is 0. The molecule has 5 heteroatoms. The van der Waals surface area contributed by atoms with Crippen LogP contribution in [-0.2, 0) is 0 Å². The molecule has 1 N–H and O–H groups in total. The first-order valence-electron chi connectivity index (χ1n) is 7.37. The Labute approximate surface area is 129 Å². The Kier molecular flexibility index (Phi) is 4.34. The molecule has 1 aliphatic rings. The molecule has 1 atom stereocenters. The average Bonchev–Trinajstić information content (AvgIpc) is 2.55. The maximum absolute atomic E-state index is 12.5. The summed E-state index contributed by atoms with van der Waals surface area (Å²) in [4.78, 5) is 18.1. The molecule has 0 spiro atoms. The van der Waals surface area contributed by atoms with Gasteiger partial charge in [-0.15, -0.1) is 0 Å². The Hall–Kier alpha value is -2.40. The lowest BCUT2D eigenvalue weighted by molar-refractivity contribution is 0.0473. The quantitative estimate of drug-likeness (QED) is 0.945. The second kappa shape index (κ2) is 6.58. The number of carbonyl (C=O) groups is 1. The van der Waals surface area contributed by atoms with Gasteiger partial charge in [0, 0.05) is 31.0 Å². The predicted octanol–water partition coefficient (Wildman–Crippen LogP) is 2.47. The number of aromatic nitrogens is 1. The second-order valence-corrected chi connectivity index (χ2v) is 5.36. The summed E-state index contributed by atoms with van der Waals surface area (Å²) in [6, 6.07) is 10.6. The lowest BCUT2D eigenvalue weighted by Gasteiger charge is -2.30. The molecular formula is C17H18N2O3. The van der Waals surface area contributed by atoms with Gasteiger partial charge in [0.1, 0.15) is 11.5 Å². The number of carbonyl (C=O) groups excluding carboxylic acids is 1. The molecule has 2 aromatic rings. The van der Waals surface area contributed by atoms with Crippen molar-refractivity contribution in [1.29, 1.82) is 0 Å². The van der Waals surface area contributed by atoms with Crippen LogP contribution >= 0.6 is 0 Å². The third kappa shape index (κ3) is 3.43. The molecule has 1 saturated heterocycles. The summed E-state index contributed by atoms with van der Waals surface area (Å²) in [5.41, 5.74) is 0.570. The number of likely N-dealkylation sites (tertiary alicyclic amines) is 1. The lowest BCUT2D eigenvalue weighted by Crippen LogP contribution is -2.42. The minimum Gasteiger partial charge on any atom is -0.457 e. The van der Waals surface area contributed by atoms with Crippen molar-refractivity contribution < 1.29 is 14.6 Å². The first-order chi connectivity index (χ1) is 10.7. The third-order valence-electron chi connectivity index (χ3n) is 3.65. The first kappa shape index (κ1) is 14.5. The Bertz CT molecular complexity index is 645. The first-order valence-corrected chi connectivity index (χ1v) is 7.37. The highest BCUT2D eigenvalue weighted by molar-refractivity contribution is 5.94. The van der Waals surface area contributed by atoms with Gasteiger partial charge in [0.2, 0.25) is 0 Å². The van der Waals surface area contributed by atoms with Crippen molar-refractivity contribution in [3.05, 3.63) is 54.4 Å². The molecule has 1 aliphatic heterocycles. The Morgan fingerprint density at radius 3 is 2.82 bits per heavy atom. The van der Waals surface area contributed by atoms with Gasteiger partial charge in [-0.25, -0.2) is 0 Å². The average molecular weight is 298 g/mol. The van der Waals surface area contributed by atoms with Gasteiger partial charge in [-0.1, -0.05) is 6.07 Å². The zero-order valence-corrected chi connectivity index (χ0v) is 12.2. The smallest absolute Gasteiger partial charge is 0.254 e. The number of piperidine rings is 1. The highest BCUT2D eigenvalue weighted by Gasteiger charge is 2.23. The van der Waals surface area contributed by atoms with Gasteiger partial charge in [-0.05, 0) is 43.2 Å². The topological polar surface area (TPSA) is 62.7 Å². The number of aliphatic hydroxyl groups excluding tert-OH is 1. The van der Waals surface area contributed by atoms with E-state index >= 15 is 0 Å². The molecule has 0 radical (unpaired) electrons. The highest BCUT2D eigenvalue weighted by atomic mass is 16.5. The maximum atomic E-state index is 12.5. The van der Waals surface area contributed by atoms with Crippen LogP contribution in [0.4, 0.5) is 0 Å². The fourth-order valence-corrected chi connectivity index (χ4v) is 2.56. The lowest BCUT2D eigenvalue weighted by atomic mass is 10.1. The summed E-state index contributed by atoms with van der Waals surface area (Å²) < 4.78 is 5.72. The standard InChI is InChI=1S/C17H18N2O3/c20-14-4-2-10-19(12-14)17(21)13-3-1-5-16(11-13)22-15-6-8-18-9-7-15/h1,3,5-9,11,14,20H,2,4,10,12H2. The minimum absolute atomic E-state index is 0.0704. The molecular weight excluding hydrogens is 280 g/mol. The summed E-state index contributed by atoms with van der Waals surface area (Å²) >= 11 is 0. The number of aliphatic hydroxyl groups is 1. The van der Waals surface area contributed by atoms with Gasteiger partial charge in [0.15, 0.2) is 0 Å². The summed E-state index contributed by atoms with van der Waals surface area (Å²) in [5, 5.41) is 9.70. The van der Waals surface area contributed by atoms with E-state index in [0.29, 0.717) is 30.2 Å². The fourth-order valence-electron chi connectivity index (χ4n) is 2.56. The van der Waals surface area contributed by atoms with E-state index in [1.807, 2.05) is 6.07 Å². The number of rotatable bonds is 3. The number of hydrogen-bond acceptors (Lipinski definition) is 4. The molecule has 0 aliphatic carbocycles. The molecule has 1 amide bonds. The van der Waals surface area contributed by atoms with Crippen LogP contribution in [-0.4, -0.2) is 40.1 Å². The number of ether oxygens (including phenoxy) is 1. The molecule has 22 heavy (non-hydrogen) atoms. The van der Waals surface area contributed by atoms with Crippen LogP contribution in [0.5, 0.6) is 11.5 Å². The zero-order chi connectivity index (χ0) is 15.4. The van der Waals surface area contributed by atoms with Crippen LogP contribution in [0.25, 0.3) is 0 Å². The van der Waals surface area contributed by atoms with E-state index in [4.69, 9.17) is 4.74 Å². The van der Waals surface area contributed by atoms with Crippen LogP contribution in [0, 0.1) is 0 Å². The number of hydrogen-bond donors (Lipinski definition) is 1. The molecule has 2 heterocycles. The zero-order valence-electron chi connectivity index (χ0n) is 12.2. The fraction of sp³-hybridized carbons (Fsp3) is 0.294. The molecule has 1 unspecified atom stereocenters. The SMILES string of the molecule is O=C(c1cccc(Oc2ccncc2)c1)N1CCCC(O)C1. The normalized spacial score (nSPS) is 18.0. The van der Waals surface area contributed by atoms with E-state index in [2.05, 4.69) is 4.98 Å². The summed E-state index contributed by atoms with van der Waals surface area (Å²) in [5.74, 6) is 1.21. The van der Waals surface area contributed by atoms with Crippen molar-refractivity contribution in [2.24, 2.45) is 0 Å². The number of nitrogens with zero attached hydrogens (tertiary/aromatic N) is 2. The summed E-state index contributed by atoms with van der Waals surface area (Å²) in [6.07, 6.45) is 4.47. The van der Waals surface area contributed by atoms with Crippen molar-refractivity contribution in [1.82, 2.24) is 9.88 Å². The molecule has 0 bridgehead atoms. The number of pyridine rings is 1. The van der Waals surface area contributed by atoms with E-state index in [0.717, 1.165) is 12.8 Å². The molecule has 5 nitrogen and oxygen atoms in total. The van der Waals surface area contributed by atoms with Crippen LogP contribution in [0.3, 0.4) is 0 Å². The minimum atomic E-state index is -0.422. The Morgan fingerprint density at radius 2 is 2.05 bits per heavy atom. The molecule has 1 fully saturated rings. The van der Waals surface area contributed by atoms with E-state index in [9.17, 15) is 9.90 Å². The van der Waals surface area contributed by atoms with Gasteiger partial charge in [-0.3, -0.25) is 9.78 Å². The van der Waals surface area contributed by atoms with Crippen LogP contribution in [0.1, 0.15) is 23.2 Å². The monoisotopic (exact) mass is 298 g/mol. The van der Waals surface area contributed by atoms with E-state index < -0.39 is 6.10 Å². The van der Waals surface area contributed by atoms with E-state index in [1.165, 1.54) is 0 Å². The van der Waals surface area contributed by atoms with Crippen LogP contribution in [0.2, 0.25) is 0 Å². The van der Waals surface area contributed by atoms with Crippen molar-refractivity contribution in [3.63, 3.8) is 0 Å². The highest BCUT2D eigenvalue weighted by Crippen LogP contribution is 2.22. The summed E-state index contributed by atoms with van der Waals surface area (Å²) in [6.45, 7) is 1.08. The van der Waals surface area contributed by atoms with Gasteiger partial charge in [-0.2, -0.15) is 0 Å². The van der Waals surface area contributed by atoms with E-state index in [-0.39, 0.29) is 5.91 Å². The van der Waals surface area contributed by atoms with Crippen molar-refractivity contribution in [3.8, 4) is 11.5 Å². The number of β-amino-alcohol motifs (C(OH)–C–C–N with tert-alkyl or cyclic N) is 1.